The van der Waals surface area contributed by atoms with E-state index >= 15 is 0 Å². The molecule has 7 heteroatoms. The minimum atomic E-state index is -1.67. The lowest BCUT2D eigenvalue weighted by Gasteiger charge is -2.34. The molecule has 0 radical (unpaired) electrons. The third kappa shape index (κ3) is 2.67. The summed E-state index contributed by atoms with van der Waals surface area (Å²) in [6.07, 6.45) is 0. The Balaban J connectivity index is 1.84. The number of rotatable bonds is 2. The van der Waals surface area contributed by atoms with Gasteiger partial charge in [-0.1, -0.05) is 48.0 Å². The lowest BCUT2D eigenvalue weighted by Crippen LogP contribution is -2.49. The largest absolute Gasteiger partial charge is 0.440 e. The molecule has 0 fully saturated rings. The Labute approximate surface area is 190 Å². The van der Waals surface area contributed by atoms with Crippen LogP contribution in [0.2, 0.25) is 0 Å². The van der Waals surface area contributed by atoms with Gasteiger partial charge in [-0.05, 0) is 25.5 Å². The van der Waals surface area contributed by atoms with E-state index in [1.165, 1.54) is 4.57 Å². The van der Waals surface area contributed by atoms with Crippen LogP contribution < -0.4 is 20.9 Å². The third-order valence-corrected chi connectivity index (χ3v) is 6.55. The van der Waals surface area contributed by atoms with E-state index in [1.807, 2.05) is 43.3 Å². The molecule has 0 bridgehead atoms. The van der Waals surface area contributed by atoms with Gasteiger partial charge in [0.1, 0.15) is 17.4 Å². The highest BCUT2D eigenvalue weighted by atomic mass is 16.5. The molecule has 2 aromatic carbocycles. The van der Waals surface area contributed by atoms with Gasteiger partial charge in [0, 0.05) is 30.1 Å². The molecule has 0 saturated heterocycles. The van der Waals surface area contributed by atoms with Gasteiger partial charge in [0.05, 0.1) is 12.1 Å². The van der Waals surface area contributed by atoms with Crippen LogP contribution in [-0.2, 0) is 23.8 Å². The Bertz CT molecular complexity index is 1480. The normalized spacial score (nSPS) is 18.7. The van der Waals surface area contributed by atoms with Gasteiger partial charge in [-0.3, -0.25) is 9.59 Å². The van der Waals surface area contributed by atoms with Crippen molar-refractivity contribution >= 4 is 11.6 Å². The summed E-state index contributed by atoms with van der Waals surface area (Å²) in [6.45, 7) is 4.05. The zero-order valence-electron chi connectivity index (χ0n) is 18.5. The van der Waals surface area contributed by atoms with Crippen molar-refractivity contribution in [3.05, 3.63) is 104 Å². The van der Waals surface area contributed by atoms with Crippen LogP contribution in [0.25, 0.3) is 0 Å². The number of hydrogen-bond acceptors (Lipinski definition) is 5. The molecule has 164 valence electrons. The Hall–Kier alpha value is -4.31. The van der Waals surface area contributed by atoms with Gasteiger partial charge in [0.25, 0.3) is 5.56 Å². The van der Waals surface area contributed by atoms with E-state index in [0.717, 1.165) is 11.1 Å². The molecule has 1 amide bonds. The van der Waals surface area contributed by atoms with Crippen LogP contribution in [0.4, 0.5) is 5.69 Å². The predicted octanol–water partition coefficient (Wildman–Crippen LogP) is 2.92. The van der Waals surface area contributed by atoms with Crippen LogP contribution in [0.15, 0.2) is 70.8 Å². The van der Waals surface area contributed by atoms with Crippen LogP contribution in [0.5, 0.6) is 5.75 Å². The maximum Gasteiger partial charge on any atom is 0.259 e. The molecule has 1 spiro atoms. The van der Waals surface area contributed by atoms with E-state index < -0.39 is 16.9 Å². The first-order valence-electron chi connectivity index (χ1n) is 10.6. The van der Waals surface area contributed by atoms with E-state index in [4.69, 9.17) is 10.5 Å². The fraction of sp³-hybridized carbons (Fsp3) is 0.192. The number of ether oxygens (including phenoxy) is 1. The number of carbonyl (C=O) groups is 1. The number of hydrogen-bond donors (Lipinski definition) is 1. The zero-order chi connectivity index (χ0) is 23.5. The maximum absolute atomic E-state index is 14.3. The second-order valence-corrected chi connectivity index (χ2v) is 8.49. The highest BCUT2D eigenvalue weighted by Gasteiger charge is 2.60. The Morgan fingerprint density at radius 1 is 1.09 bits per heavy atom. The van der Waals surface area contributed by atoms with Crippen molar-refractivity contribution in [3.8, 4) is 11.8 Å². The van der Waals surface area contributed by atoms with Crippen LogP contribution >= 0.6 is 0 Å². The molecule has 2 aliphatic rings. The van der Waals surface area contributed by atoms with E-state index in [-0.39, 0.29) is 22.8 Å². The second kappa shape index (κ2) is 7.10. The quantitative estimate of drug-likeness (QED) is 0.663. The molecule has 1 aromatic heterocycles. The van der Waals surface area contributed by atoms with Crippen LogP contribution in [0, 0.1) is 25.2 Å². The number of pyridine rings is 1. The van der Waals surface area contributed by atoms with Gasteiger partial charge < -0.3 is 19.9 Å². The number of para-hydroxylation sites is 1. The summed E-state index contributed by atoms with van der Waals surface area (Å²) in [6, 6.07) is 18.9. The molecule has 2 N–H and O–H groups in total. The van der Waals surface area contributed by atoms with Gasteiger partial charge in [-0.15, -0.1) is 0 Å². The molecule has 1 unspecified atom stereocenters. The summed E-state index contributed by atoms with van der Waals surface area (Å²) < 4.78 is 7.18. The van der Waals surface area contributed by atoms with Crippen molar-refractivity contribution in [2.75, 3.05) is 4.90 Å². The van der Waals surface area contributed by atoms with E-state index in [2.05, 4.69) is 6.07 Å². The number of anilines is 1. The van der Waals surface area contributed by atoms with E-state index in [0.29, 0.717) is 23.5 Å². The Kier molecular flexibility index (Phi) is 4.43. The molecule has 3 aromatic rings. The molecular weight excluding hydrogens is 416 g/mol. The smallest absolute Gasteiger partial charge is 0.259 e. The molecule has 1 atom stereocenters. The van der Waals surface area contributed by atoms with Crippen LogP contribution in [-0.4, -0.2) is 10.5 Å². The number of aromatic nitrogens is 1. The Morgan fingerprint density at radius 3 is 2.58 bits per heavy atom. The third-order valence-electron chi connectivity index (χ3n) is 6.55. The topological polar surface area (TPSA) is 101 Å². The van der Waals surface area contributed by atoms with Crippen molar-refractivity contribution in [1.82, 2.24) is 4.57 Å². The first kappa shape index (κ1) is 20.6. The SMILES string of the molecule is Cc1cccc(CN2C(=O)C3(C(C#N)=C(N)Oc4cc(C)n(C)c(=O)c43)c3ccccc32)c1. The van der Waals surface area contributed by atoms with Gasteiger partial charge in [-0.2, -0.15) is 5.26 Å². The van der Waals surface area contributed by atoms with E-state index in [1.54, 1.807) is 37.1 Å². The molecule has 0 aliphatic carbocycles. The molecule has 3 heterocycles. The highest BCUT2D eigenvalue weighted by molar-refractivity contribution is 6.14. The van der Waals surface area contributed by atoms with Gasteiger partial charge >= 0.3 is 0 Å². The number of nitrogens with zero attached hydrogens (tertiary/aromatic N) is 3. The summed E-state index contributed by atoms with van der Waals surface area (Å²) in [5, 5.41) is 10.1. The molecule has 0 saturated carbocycles. The second-order valence-electron chi connectivity index (χ2n) is 8.49. The predicted molar refractivity (Wildman–Crippen MR) is 123 cm³/mol. The summed E-state index contributed by atoms with van der Waals surface area (Å²) in [5.41, 5.74) is 8.02. The van der Waals surface area contributed by atoms with Crippen molar-refractivity contribution in [3.63, 3.8) is 0 Å². The van der Waals surface area contributed by atoms with Crippen LogP contribution in [0.1, 0.15) is 27.9 Å². The van der Waals surface area contributed by atoms with Crippen molar-refractivity contribution in [2.45, 2.75) is 25.8 Å². The minimum absolute atomic E-state index is 0.0693. The fourth-order valence-electron chi connectivity index (χ4n) is 4.92. The molecule has 7 nitrogen and oxygen atoms in total. The number of nitrogens with two attached hydrogens (primary N) is 1. The summed E-state index contributed by atoms with van der Waals surface area (Å²) in [4.78, 5) is 29.5. The first-order valence-corrected chi connectivity index (χ1v) is 10.6. The minimum Gasteiger partial charge on any atom is -0.440 e. The highest BCUT2D eigenvalue weighted by Crippen LogP contribution is 2.54. The van der Waals surface area contributed by atoms with Gasteiger partial charge in [0.2, 0.25) is 11.8 Å². The first-order chi connectivity index (χ1) is 15.8. The van der Waals surface area contributed by atoms with Crippen molar-refractivity contribution in [1.29, 1.82) is 5.26 Å². The van der Waals surface area contributed by atoms with Gasteiger partial charge in [0.15, 0.2) is 5.41 Å². The van der Waals surface area contributed by atoms with E-state index in [9.17, 15) is 14.9 Å². The lowest BCUT2D eigenvalue weighted by atomic mass is 9.69. The number of benzene rings is 2. The molecule has 2 aliphatic heterocycles. The monoisotopic (exact) mass is 438 g/mol. The lowest BCUT2D eigenvalue weighted by molar-refractivity contribution is -0.121. The van der Waals surface area contributed by atoms with Crippen molar-refractivity contribution < 1.29 is 9.53 Å². The van der Waals surface area contributed by atoms with Crippen LogP contribution in [0.3, 0.4) is 0 Å². The number of fused-ring (bicyclic) bond motifs is 4. The molecular formula is C26H22N4O3. The summed E-state index contributed by atoms with van der Waals surface area (Å²) in [7, 11) is 1.63. The number of aryl methyl sites for hydroxylation is 2. The maximum atomic E-state index is 14.3. The number of amides is 1. The van der Waals surface area contributed by atoms with Gasteiger partial charge in [-0.25, -0.2) is 0 Å². The standard InChI is InChI=1S/C26H22N4O3/c1-15-7-6-8-17(11-15)14-30-20-10-5-4-9-18(20)26(25(30)32)19(13-27)23(28)33-21-12-16(2)29(3)24(31)22(21)26/h4-12H,14,28H2,1-3H3. The molecule has 5 rings (SSSR count). The number of carbonyl (C=O) groups excluding carboxylic acids is 1. The average Bonchev–Trinajstić information content (AvgIpc) is 3.01. The zero-order valence-corrected chi connectivity index (χ0v) is 18.5. The number of nitriles is 1. The summed E-state index contributed by atoms with van der Waals surface area (Å²) >= 11 is 0. The average molecular weight is 438 g/mol. The van der Waals surface area contributed by atoms with Crippen molar-refractivity contribution in [2.24, 2.45) is 12.8 Å². The Morgan fingerprint density at radius 2 is 1.85 bits per heavy atom. The molecule has 33 heavy (non-hydrogen) atoms. The summed E-state index contributed by atoms with van der Waals surface area (Å²) in [5.74, 6) is -0.360. The fourth-order valence-corrected chi connectivity index (χ4v) is 4.92.